The summed E-state index contributed by atoms with van der Waals surface area (Å²) in [5, 5.41) is 11.3. The number of aromatic hydroxyl groups is 1. The van der Waals surface area contributed by atoms with Crippen molar-refractivity contribution >= 4 is 23.4 Å². The van der Waals surface area contributed by atoms with Gasteiger partial charge in [-0.3, -0.25) is 14.4 Å². The molecule has 4 aliphatic carbocycles. The van der Waals surface area contributed by atoms with Gasteiger partial charge in [-0.25, -0.2) is 4.99 Å². The molecule has 0 unspecified atom stereocenters. The minimum Gasteiger partial charge on any atom is -0.494 e. The Morgan fingerprint density at radius 2 is 0.981 bits per heavy atom. The molecule has 0 atom stereocenters. The van der Waals surface area contributed by atoms with E-state index in [2.05, 4.69) is 19.8 Å². The molecule has 2 aromatic carbocycles. The zero-order valence-corrected chi connectivity index (χ0v) is 30.6. The lowest BCUT2D eigenvalue weighted by Gasteiger charge is -2.42. The number of H-pyrrole nitrogens is 1. The molecule has 5 aliphatic rings. The highest BCUT2D eigenvalue weighted by Gasteiger charge is 2.37. The first-order valence-electron chi connectivity index (χ1n) is 20.4. The Bertz CT molecular complexity index is 1780. The topological polar surface area (TPSA) is 106 Å². The van der Waals surface area contributed by atoms with Crippen LogP contribution in [0.4, 0.5) is 0 Å². The van der Waals surface area contributed by atoms with Gasteiger partial charge in [-0.2, -0.15) is 0 Å². The van der Waals surface area contributed by atoms with Crippen LogP contribution in [0.2, 0.25) is 0 Å². The summed E-state index contributed by atoms with van der Waals surface area (Å²) in [5.41, 5.74) is 3.98. The molecular weight excluding hydrogens is 649 g/mol. The van der Waals surface area contributed by atoms with E-state index in [-0.39, 0.29) is 41.9 Å². The molecule has 0 spiro atoms. The third kappa shape index (κ3) is 6.85. The minimum atomic E-state index is -0.443. The van der Waals surface area contributed by atoms with Gasteiger partial charge < -0.3 is 19.9 Å². The van der Waals surface area contributed by atoms with E-state index < -0.39 is 5.91 Å². The van der Waals surface area contributed by atoms with Gasteiger partial charge in [0.25, 0.3) is 17.7 Å². The Balaban J connectivity index is 1.08. The summed E-state index contributed by atoms with van der Waals surface area (Å²) in [6.45, 7) is 0. The summed E-state index contributed by atoms with van der Waals surface area (Å²) >= 11 is 0. The number of fused-ring (bicyclic) bond motifs is 1. The molecule has 8 heteroatoms. The van der Waals surface area contributed by atoms with Crippen LogP contribution in [0.25, 0.3) is 11.3 Å². The zero-order valence-electron chi connectivity index (χ0n) is 30.6. The molecule has 1 aliphatic heterocycles. The largest absolute Gasteiger partial charge is 0.494 e. The van der Waals surface area contributed by atoms with Crippen molar-refractivity contribution in [1.82, 2.24) is 14.8 Å². The molecule has 52 heavy (non-hydrogen) atoms. The van der Waals surface area contributed by atoms with Crippen molar-refractivity contribution in [2.24, 2.45) is 4.99 Å². The van der Waals surface area contributed by atoms with Crippen molar-refractivity contribution in [3.8, 4) is 17.1 Å². The van der Waals surface area contributed by atoms with Crippen molar-refractivity contribution in [3.05, 3.63) is 76.3 Å². The summed E-state index contributed by atoms with van der Waals surface area (Å²) in [6.07, 6.45) is 22.7. The fourth-order valence-corrected chi connectivity index (χ4v) is 10.2. The van der Waals surface area contributed by atoms with Crippen molar-refractivity contribution in [3.63, 3.8) is 0 Å². The smallest absolute Gasteiger partial charge is 0.280 e. The molecule has 1 aromatic heterocycles. The highest BCUT2D eigenvalue weighted by molar-refractivity contribution is 6.30. The van der Waals surface area contributed by atoms with Gasteiger partial charge >= 0.3 is 0 Å². The second kappa shape index (κ2) is 15.4. The summed E-state index contributed by atoms with van der Waals surface area (Å²) in [7, 11) is 0. The lowest BCUT2D eigenvalue weighted by molar-refractivity contribution is 0.0441. The molecule has 2 N–H and O–H groups in total. The Morgan fingerprint density at radius 1 is 0.577 bits per heavy atom. The Hall–Kier alpha value is -4.20. The fraction of sp³-hybridized carbons (Fsp3) is 0.545. The van der Waals surface area contributed by atoms with Crippen LogP contribution in [-0.2, 0) is 0 Å². The van der Waals surface area contributed by atoms with Gasteiger partial charge in [-0.1, -0.05) is 101 Å². The number of nitrogens with zero attached hydrogens (tertiary/aromatic N) is 3. The van der Waals surface area contributed by atoms with Gasteiger partial charge in [-0.15, -0.1) is 0 Å². The fourth-order valence-electron chi connectivity index (χ4n) is 10.2. The van der Waals surface area contributed by atoms with Crippen LogP contribution >= 0.6 is 0 Å². The minimum absolute atomic E-state index is 0.0572. The molecule has 0 bridgehead atoms. The molecule has 0 saturated heterocycles. The second-order valence-corrected chi connectivity index (χ2v) is 16.1. The lowest BCUT2D eigenvalue weighted by Crippen LogP contribution is -2.48. The van der Waals surface area contributed by atoms with Gasteiger partial charge in [0.05, 0.1) is 22.5 Å². The number of hydrogen-bond acceptors (Lipinski definition) is 4. The summed E-state index contributed by atoms with van der Waals surface area (Å²) in [5.74, 6) is -0.461. The molecule has 3 amide bonds. The normalized spacial score (nSPS) is 20.8. The number of hydrogen-bond donors (Lipinski definition) is 2. The average Bonchev–Trinajstić information content (AvgIpc) is 3.74. The van der Waals surface area contributed by atoms with E-state index in [1.807, 2.05) is 48.5 Å². The third-order valence-electron chi connectivity index (χ3n) is 12.8. The molecule has 8 nitrogen and oxygen atoms in total. The van der Waals surface area contributed by atoms with Crippen LogP contribution < -0.4 is 0 Å². The standard InChI is InChI=1S/C44H54N4O4/c49-41-37-38(40(46-41)30-16-14-18-32(28-30)44(52)48(35-23-9-3-10-24-35)36-25-11-4-12-26-36)42(50)45-39(37)29-15-13-17-31(27-29)43(51)47(33-19-5-1-6-20-33)34-21-7-2-8-22-34/h13-18,27-28,33-36,45,50H,1-12,19-26H2. The van der Waals surface area contributed by atoms with E-state index >= 15 is 0 Å². The van der Waals surface area contributed by atoms with Crippen molar-refractivity contribution < 1.29 is 19.5 Å². The van der Waals surface area contributed by atoms with Gasteiger partial charge in [0.2, 0.25) is 0 Å². The molecule has 3 aromatic rings. The summed E-state index contributed by atoms with van der Waals surface area (Å²) in [4.78, 5) is 54.3. The first-order valence-corrected chi connectivity index (χ1v) is 20.4. The number of carbonyl (C=O) groups excluding carboxylic acids is 3. The van der Waals surface area contributed by atoms with Gasteiger partial charge in [0.15, 0.2) is 5.88 Å². The maximum atomic E-state index is 14.3. The van der Waals surface area contributed by atoms with E-state index in [1.54, 1.807) is 0 Å². The molecule has 0 radical (unpaired) electrons. The zero-order chi connectivity index (χ0) is 35.6. The van der Waals surface area contributed by atoms with E-state index in [9.17, 15) is 19.5 Å². The molecule has 274 valence electrons. The monoisotopic (exact) mass is 702 g/mol. The quantitative estimate of drug-likeness (QED) is 0.244. The molecule has 4 saturated carbocycles. The van der Waals surface area contributed by atoms with Crippen molar-refractivity contribution in [2.75, 3.05) is 0 Å². The summed E-state index contributed by atoms with van der Waals surface area (Å²) < 4.78 is 0. The van der Waals surface area contributed by atoms with E-state index in [0.717, 1.165) is 103 Å². The maximum absolute atomic E-state index is 14.3. The van der Waals surface area contributed by atoms with Gasteiger partial charge in [-0.05, 0) is 81.2 Å². The molecule has 8 rings (SSSR count). The number of aliphatic imine (C=N–C) groups is 1. The maximum Gasteiger partial charge on any atom is 0.280 e. The van der Waals surface area contributed by atoms with Crippen LogP contribution in [0.15, 0.2) is 53.5 Å². The molecule has 2 heterocycles. The number of benzene rings is 2. The van der Waals surface area contributed by atoms with E-state index in [4.69, 9.17) is 0 Å². The van der Waals surface area contributed by atoms with Crippen molar-refractivity contribution in [1.29, 1.82) is 0 Å². The Labute approximate surface area is 308 Å². The predicted octanol–water partition coefficient (Wildman–Crippen LogP) is 9.59. The van der Waals surface area contributed by atoms with Crippen LogP contribution in [0.5, 0.6) is 5.88 Å². The molecule has 4 fully saturated rings. The first kappa shape index (κ1) is 34.9. The van der Waals surface area contributed by atoms with Crippen LogP contribution in [0, 0.1) is 0 Å². The second-order valence-electron chi connectivity index (χ2n) is 16.1. The average molecular weight is 703 g/mol. The lowest BCUT2D eigenvalue weighted by atomic mass is 9.88. The SMILES string of the molecule is O=C1N=C(c2cccc(C(=O)N(C3CCCCC3)C3CCCCC3)c2)c2c(O)[nH]c(-c3cccc(C(=O)N(C4CCCCC4)C4CCCCC4)c3)c21. The first-order chi connectivity index (χ1) is 25.5. The van der Waals surface area contributed by atoms with E-state index in [0.29, 0.717) is 44.8 Å². The third-order valence-corrected chi connectivity index (χ3v) is 12.8. The van der Waals surface area contributed by atoms with Crippen LogP contribution in [0.3, 0.4) is 0 Å². The summed E-state index contributed by atoms with van der Waals surface area (Å²) in [6, 6.07) is 16.0. The van der Waals surface area contributed by atoms with Gasteiger partial charge in [0.1, 0.15) is 0 Å². The van der Waals surface area contributed by atoms with Crippen LogP contribution in [0.1, 0.15) is 171 Å². The Kier molecular flexibility index (Phi) is 10.3. The number of aromatic amines is 1. The van der Waals surface area contributed by atoms with Crippen molar-refractivity contribution in [2.45, 2.75) is 153 Å². The van der Waals surface area contributed by atoms with E-state index in [1.165, 1.54) is 25.7 Å². The molecular formula is C44H54N4O4. The predicted molar refractivity (Wildman–Crippen MR) is 204 cm³/mol. The Morgan fingerprint density at radius 3 is 1.42 bits per heavy atom. The highest BCUT2D eigenvalue weighted by atomic mass is 16.3. The van der Waals surface area contributed by atoms with Crippen LogP contribution in [-0.4, -0.2) is 67.5 Å². The number of amides is 3. The number of carbonyl (C=O) groups is 3. The number of aromatic nitrogens is 1. The van der Waals surface area contributed by atoms with Gasteiger partial charge in [0, 0.05) is 40.9 Å². The highest BCUT2D eigenvalue weighted by Crippen LogP contribution is 2.40. The number of rotatable bonds is 8. The number of nitrogens with one attached hydrogen (secondary N) is 1.